The van der Waals surface area contributed by atoms with Crippen LogP contribution in [0.4, 0.5) is 0 Å². The third kappa shape index (κ3) is 5.37. The Bertz CT molecular complexity index is 498. The molecule has 0 amide bonds. The molecule has 0 radical (unpaired) electrons. The van der Waals surface area contributed by atoms with Crippen molar-refractivity contribution in [3.05, 3.63) is 23.8 Å². The number of aliphatic hydroxyl groups is 2. The quantitative estimate of drug-likeness (QED) is 0.498. The summed E-state index contributed by atoms with van der Waals surface area (Å²) in [5, 5.41) is 20.9. The molecule has 4 heteroatoms. The molecule has 0 bridgehead atoms. The van der Waals surface area contributed by atoms with E-state index >= 15 is 0 Å². The second-order valence-corrected chi connectivity index (χ2v) is 10.0. The molecule has 3 rings (SSSR count). The summed E-state index contributed by atoms with van der Waals surface area (Å²) in [4.78, 5) is 2.23. The highest BCUT2D eigenvalue weighted by atomic mass is 32.2. The van der Waals surface area contributed by atoms with Crippen LogP contribution in [-0.2, 0) is 0 Å². The Morgan fingerprint density at radius 2 is 2.00 bits per heavy atom. The van der Waals surface area contributed by atoms with E-state index in [9.17, 15) is 10.2 Å². The first-order valence-electron chi connectivity index (χ1n) is 10.5. The van der Waals surface area contributed by atoms with E-state index in [2.05, 4.69) is 31.1 Å². The molecule has 3 saturated carbocycles. The maximum absolute atomic E-state index is 10.5. The fourth-order valence-electron chi connectivity index (χ4n) is 5.15. The molecule has 0 aromatic carbocycles. The van der Waals surface area contributed by atoms with Gasteiger partial charge >= 0.3 is 0 Å². The maximum atomic E-state index is 10.5. The van der Waals surface area contributed by atoms with E-state index in [1.165, 1.54) is 25.0 Å². The molecule has 3 aliphatic carbocycles. The first kappa shape index (κ1) is 20.4. The lowest BCUT2D eigenvalue weighted by Crippen LogP contribution is -2.19. The molecule has 3 aliphatic rings. The summed E-state index contributed by atoms with van der Waals surface area (Å²) in [6.45, 7) is 1.14. The highest BCUT2D eigenvalue weighted by molar-refractivity contribution is 7.99. The summed E-state index contributed by atoms with van der Waals surface area (Å²) in [5.41, 5.74) is 1.60. The lowest BCUT2D eigenvalue weighted by Gasteiger charge is -2.19. The summed E-state index contributed by atoms with van der Waals surface area (Å²) < 4.78 is 0. The Hall–Kier alpha value is -0.290. The van der Waals surface area contributed by atoms with Gasteiger partial charge in [0.25, 0.3) is 0 Å². The molecule has 2 N–H and O–H groups in total. The van der Waals surface area contributed by atoms with Crippen LogP contribution in [0.2, 0.25) is 0 Å². The zero-order chi connectivity index (χ0) is 18.5. The van der Waals surface area contributed by atoms with Gasteiger partial charge in [0.2, 0.25) is 0 Å². The van der Waals surface area contributed by atoms with Gasteiger partial charge in [-0.05, 0) is 64.0 Å². The van der Waals surface area contributed by atoms with Crippen LogP contribution in [0, 0.1) is 23.7 Å². The van der Waals surface area contributed by atoms with Gasteiger partial charge in [-0.25, -0.2) is 0 Å². The molecule has 0 spiro atoms. The van der Waals surface area contributed by atoms with Crippen LogP contribution in [-0.4, -0.2) is 59.5 Å². The second kappa shape index (κ2) is 9.77. The number of rotatable bonds is 8. The van der Waals surface area contributed by atoms with Crippen molar-refractivity contribution in [3.63, 3.8) is 0 Å². The van der Waals surface area contributed by atoms with E-state index < -0.39 is 0 Å². The van der Waals surface area contributed by atoms with Crippen LogP contribution < -0.4 is 0 Å². The normalized spacial score (nSPS) is 35.2. The highest BCUT2D eigenvalue weighted by Crippen LogP contribution is 2.50. The standard InChI is InChI=1S/C22H37NO2S/c1-23(2)10-12-26-11-9-16-13-18-15-22(25)19(20(18)14-16)7-8-21(24)17-5-3-4-6-17/h7-9,17-22,24-25H,3-6,10-15H2,1-2H3/b8-7+,16-9+/t18-,19+,20-,21+,22+/m0/s1. The maximum Gasteiger partial charge on any atom is 0.0749 e. The fourth-order valence-corrected chi connectivity index (χ4v) is 6.16. The zero-order valence-electron chi connectivity index (χ0n) is 16.5. The Morgan fingerprint density at radius 1 is 1.23 bits per heavy atom. The summed E-state index contributed by atoms with van der Waals surface area (Å²) in [6.07, 6.45) is 14.2. The van der Waals surface area contributed by atoms with Gasteiger partial charge in [0.15, 0.2) is 0 Å². The van der Waals surface area contributed by atoms with Crippen molar-refractivity contribution in [2.45, 2.75) is 57.2 Å². The molecule has 0 heterocycles. The minimum Gasteiger partial charge on any atom is -0.392 e. The van der Waals surface area contributed by atoms with Gasteiger partial charge < -0.3 is 15.1 Å². The highest BCUT2D eigenvalue weighted by Gasteiger charge is 2.45. The molecule has 148 valence electrons. The zero-order valence-corrected chi connectivity index (χ0v) is 17.3. The number of hydrogen-bond acceptors (Lipinski definition) is 4. The number of allylic oxidation sites excluding steroid dienone is 1. The molecule has 26 heavy (non-hydrogen) atoms. The third-order valence-corrected chi connectivity index (χ3v) is 7.57. The van der Waals surface area contributed by atoms with Gasteiger partial charge in [-0.2, -0.15) is 11.8 Å². The minimum absolute atomic E-state index is 0.215. The predicted octanol–water partition coefficient (Wildman–Crippen LogP) is 3.72. The first-order valence-corrected chi connectivity index (χ1v) is 11.6. The average Bonchev–Trinajstić information content (AvgIpc) is 3.29. The van der Waals surface area contributed by atoms with Crippen molar-refractivity contribution in [1.82, 2.24) is 4.90 Å². The lowest BCUT2D eigenvalue weighted by atomic mass is 9.89. The van der Waals surface area contributed by atoms with Gasteiger partial charge in [0, 0.05) is 24.0 Å². The van der Waals surface area contributed by atoms with E-state index in [-0.39, 0.29) is 18.1 Å². The van der Waals surface area contributed by atoms with Gasteiger partial charge in [0.05, 0.1) is 12.2 Å². The second-order valence-electron chi connectivity index (χ2n) is 8.87. The molecule has 0 saturated heterocycles. The molecule has 0 aliphatic heterocycles. The Kier molecular flexibility index (Phi) is 7.68. The number of nitrogens with zero attached hydrogens (tertiary/aromatic N) is 1. The van der Waals surface area contributed by atoms with Crippen molar-refractivity contribution < 1.29 is 10.2 Å². The fraction of sp³-hybridized carbons (Fsp3) is 0.818. The van der Waals surface area contributed by atoms with Crippen molar-refractivity contribution in [1.29, 1.82) is 0 Å². The molecular weight excluding hydrogens is 342 g/mol. The summed E-state index contributed by atoms with van der Waals surface area (Å²) in [5.74, 6) is 4.21. The summed E-state index contributed by atoms with van der Waals surface area (Å²) in [6, 6.07) is 0. The molecule has 3 fully saturated rings. The van der Waals surface area contributed by atoms with Crippen LogP contribution in [0.5, 0.6) is 0 Å². The molecule has 0 aromatic heterocycles. The van der Waals surface area contributed by atoms with E-state index in [0.29, 0.717) is 17.8 Å². The number of hydrogen-bond donors (Lipinski definition) is 2. The van der Waals surface area contributed by atoms with Crippen molar-refractivity contribution in [3.8, 4) is 0 Å². The van der Waals surface area contributed by atoms with Gasteiger partial charge in [-0.15, -0.1) is 0 Å². The molecule has 0 aromatic rings. The SMILES string of the molecule is CN(C)CCSC/C=C1\C[C@H]2C[C@@H](O)[C@H](/C=C/[C@@H](O)C3CCCC3)[C@H]2C1. The number of aliphatic hydroxyl groups excluding tert-OH is 2. The summed E-state index contributed by atoms with van der Waals surface area (Å²) >= 11 is 2.01. The van der Waals surface area contributed by atoms with Crippen LogP contribution in [0.3, 0.4) is 0 Å². The van der Waals surface area contributed by atoms with Gasteiger partial charge in [-0.3, -0.25) is 0 Å². The van der Waals surface area contributed by atoms with Crippen molar-refractivity contribution in [2.24, 2.45) is 23.7 Å². The van der Waals surface area contributed by atoms with E-state index in [0.717, 1.165) is 38.0 Å². The molecular formula is C22H37NO2S. The lowest BCUT2D eigenvalue weighted by molar-refractivity contribution is 0.135. The van der Waals surface area contributed by atoms with Crippen LogP contribution in [0.1, 0.15) is 44.9 Å². The van der Waals surface area contributed by atoms with Crippen LogP contribution in [0.25, 0.3) is 0 Å². The van der Waals surface area contributed by atoms with Crippen LogP contribution in [0.15, 0.2) is 23.8 Å². The molecule has 0 unspecified atom stereocenters. The smallest absolute Gasteiger partial charge is 0.0749 e. The first-order chi connectivity index (χ1) is 12.5. The van der Waals surface area contributed by atoms with Crippen molar-refractivity contribution >= 4 is 11.8 Å². The predicted molar refractivity (Wildman–Crippen MR) is 111 cm³/mol. The van der Waals surface area contributed by atoms with E-state index in [1.807, 2.05) is 17.8 Å². The van der Waals surface area contributed by atoms with Gasteiger partial charge in [0.1, 0.15) is 0 Å². The van der Waals surface area contributed by atoms with E-state index in [4.69, 9.17) is 0 Å². The Balaban J connectivity index is 1.48. The number of thioether (sulfide) groups is 1. The number of fused-ring (bicyclic) bond motifs is 1. The molecule has 3 nitrogen and oxygen atoms in total. The van der Waals surface area contributed by atoms with Crippen molar-refractivity contribution in [2.75, 3.05) is 32.1 Å². The van der Waals surface area contributed by atoms with Gasteiger partial charge in [-0.1, -0.05) is 36.6 Å². The summed E-state index contributed by atoms with van der Waals surface area (Å²) in [7, 11) is 4.25. The topological polar surface area (TPSA) is 43.7 Å². The van der Waals surface area contributed by atoms with Crippen LogP contribution >= 0.6 is 11.8 Å². The minimum atomic E-state index is -0.312. The van der Waals surface area contributed by atoms with E-state index in [1.54, 1.807) is 5.57 Å². The monoisotopic (exact) mass is 379 g/mol. The molecule has 5 atom stereocenters. The largest absolute Gasteiger partial charge is 0.392 e. The Labute approximate surface area is 163 Å². The average molecular weight is 380 g/mol. The third-order valence-electron chi connectivity index (χ3n) is 6.70. The Morgan fingerprint density at radius 3 is 2.73 bits per heavy atom.